The molecular formula is C16H17ClFNO2. The van der Waals surface area contributed by atoms with Crippen LogP contribution in [0.25, 0.3) is 0 Å². The maximum atomic E-state index is 14.0. The van der Waals surface area contributed by atoms with Crippen molar-refractivity contribution in [3.05, 3.63) is 52.8 Å². The molecule has 0 saturated heterocycles. The smallest absolute Gasteiger partial charge is 0.139 e. The largest absolute Gasteiger partial charge is 0.497 e. The summed E-state index contributed by atoms with van der Waals surface area (Å²) in [6.45, 7) is 1.88. The van der Waals surface area contributed by atoms with Crippen LogP contribution in [0.4, 0.5) is 10.1 Å². The van der Waals surface area contributed by atoms with E-state index >= 15 is 0 Å². The van der Waals surface area contributed by atoms with Crippen LogP contribution in [0.1, 0.15) is 18.5 Å². The summed E-state index contributed by atoms with van der Waals surface area (Å²) in [6, 6.07) is 9.94. The van der Waals surface area contributed by atoms with Crippen LogP contribution in [0.2, 0.25) is 5.02 Å². The Morgan fingerprint density at radius 1 is 1.10 bits per heavy atom. The fourth-order valence-electron chi connectivity index (χ4n) is 2.06. The van der Waals surface area contributed by atoms with Crippen molar-refractivity contribution < 1.29 is 13.9 Å². The topological polar surface area (TPSA) is 30.5 Å². The zero-order chi connectivity index (χ0) is 15.4. The molecule has 112 valence electrons. The number of benzene rings is 2. The fraction of sp³-hybridized carbons (Fsp3) is 0.250. The lowest BCUT2D eigenvalue weighted by Crippen LogP contribution is -2.08. The lowest BCUT2D eigenvalue weighted by atomic mass is 10.1. The van der Waals surface area contributed by atoms with Crippen LogP contribution < -0.4 is 14.8 Å². The van der Waals surface area contributed by atoms with Gasteiger partial charge in [0.15, 0.2) is 0 Å². The number of rotatable bonds is 5. The van der Waals surface area contributed by atoms with Crippen molar-refractivity contribution in [2.24, 2.45) is 0 Å². The molecule has 1 unspecified atom stereocenters. The van der Waals surface area contributed by atoms with Gasteiger partial charge in [-0.25, -0.2) is 4.39 Å². The van der Waals surface area contributed by atoms with Gasteiger partial charge < -0.3 is 14.8 Å². The molecule has 2 aromatic rings. The predicted octanol–water partition coefficient (Wildman–Crippen LogP) is 4.67. The van der Waals surface area contributed by atoms with Crippen molar-refractivity contribution in [1.29, 1.82) is 0 Å². The van der Waals surface area contributed by atoms with Gasteiger partial charge in [0.25, 0.3) is 0 Å². The van der Waals surface area contributed by atoms with Crippen molar-refractivity contribution in [3.8, 4) is 11.5 Å². The molecule has 0 radical (unpaired) electrons. The Morgan fingerprint density at radius 3 is 2.48 bits per heavy atom. The molecule has 21 heavy (non-hydrogen) atoms. The zero-order valence-corrected chi connectivity index (χ0v) is 12.9. The van der Waals surface area contributed by atoms with Crippen LogP contribution in [0.15, 0.2) is 36.4 Å². The molecule has 5 heteroatoms. The van der Waals surface area contributed by atoms with E-state index in [0.717, 1.165) is 5.69 Å². The highest BCUT2D eigenvalue weighted by Gasteiger charge is 2.12. The predicted molar refractivity (Wildman–Crippen MR) is 83.0 cm³/mol. The van der Waals surface area contributed by atoms with E-state index in [2.05, 4.69) is 5.32 Å². The van der Waals surface area contributed by atoms with Gasteiger partial charge in [-0.15, -0.1) is 0 Å². The first-order valence-corrected chi connectivity index (χ1v) is 6.86. The number of anilines is 1. The third kappa shape index (κ3) is 3.58. The summed E-state index contributed by atoms with van der Waals surface area (Å²) in [5, 5.41) is 3.75. The molecule has 0 spiro atoms. The lowest BCUT2D eigenvalue weighted by Gasteiger charge is -2.17. The van der Waals surface area contributed by atoms with Crippen molar-refractivity contribution in [2.45, 2.75) is 13.0 Å². The van der Waals surface area contributed by atoms with Crippen LogP contribution in [-0.2, 0) is 0 Å². The molecule has 0 heterocycles. The quantitative estimate of drug-likeness (QED) is 0.870. The standard InChI is InChI=1S/C16H17ClFNO2/c1-10(13-6-5-12(20-2)9-15(13)18)19-11-4-7-14(17)16(8-11)21-3/h4-10,19H,1-3H3. The maximum Gasteiger partial charge on any atom is 0.139 e. The van der Waals surface area contributed by atoms with Crippen molar-refractivity contribution in [1.82, 2.24) is 0 Å². The SMILES string of the molecule is COc1ccc(C(C)Nc2ccc(Cl)c(OC)c2)c(F)c1. The molecule has 0 aromatic heterocycles. The monoisotopic (exact) mass is 309 g/mol. The van der Waals surface area contributed by atoms with E-state index in [0.29, 0.717) is 22.1 Å². The molecule has 0 amide bonds. The molecule has 0 aliphatic rings. The minimum atomic E-state index is -0.310. The number of hydrogen-bond acceptors (Lipinski definition) is 3. The number of hydrogen-bond donors (Lipinski definition) is 1. The molecule has 3 nitrogen and oxygen atoms in total. The van der Waals surface area contributed by atoms with Crippen LogP contribution in [0, 0.1) is 5.82 Å². The van der Waals surface area contributed by atoms with E-state index in [1.807, 2.05) is 13.0 Å². The molecule has 0 aliphatic heterocycles. The normalized spacial score (nSPS) is 11.9. The number of methoxy groups -OCH3 is 2. The van der Waals surface area contributed by atoms with E-state index in [1.165, 1.54) is 13.2 Å². The molecule has 2 aromatic carbocycles. The highest BCUT2D eigenvalue weighted by Crippen LogP contribution is 2.30. The van der Waals surface area contributed by atoms with Gasteiger partial charge in [0, 0.05) is 23.4 Å². The van der Waals surface area contributed by atoms with Gasteiger partial charge >= 0.3 is 0 Å². The number of ether oxygens (including phenoxy) is 2. The Morgan fingerprint density at radius 2 is 1.86 bits per heavy atom. The maximum absolute atomic E-state index is 14.0. The third-order valence-electron chi connectivity index (χ3n) is 3.21. The molecule has 1 N–H and O–H groups in total. The summed E-state index contributed by atoms with van der Waals surface area (Å²) in [6.07, 6.45) is 0. The molecular weight excluding hydrogens is 293 g/mol. The summed E-state index contributed by atoms with van der Waals surface area (Å²) >= 11 is 5.98. The van der Waals surface area contributed by atoms with E-state index < -0.39 is 0 Å². The molecule has 2 rings (SSSR count). The Bertz CT molecular complexity index is 634. The van der Waals surface area contributed by atoms with Gasteiger partial charge in [-0.1, -0.05) is 17.7 Å². The third-order valence-corrected chi connectivity index (χ3v) is 3.52. The highest BCUT2D eigenvalue weighted by molar-refractivity contribution is 6.32. The Labute approximate surface area is 128 Å². The van der Waals surface area contributed by atoms with Gasteiger partial charge in [0.1, 0.15) is 17.3 Å². The summed E-state index contributed by atoms with van der Waals surface area (Å²) in [5.41, 5.74) is 1.36. The van der Waals surface area contributed by atoms with Crippen molar-refractivity contribution >= 4 is 17.3 Å². The van der Waals surface area contributed by atoms with Gasteiger partial charge in [-0.2, -0.15) is 0 Å². The van der Waals surface area contributed by atoms with E-state index in [9.17, 15) is 4.39 Å². The Kier molecular flexibility index (Phi) is 4.91. The average Bonchev–Trinajstić information content (AvgIpc) is 2.48. The minimum Gasteiger partial charge on any atom is -0.497 e. The van der Waals surface area contributed by atoms with Gasteiger partial charge in [-0.05, 0) is 25.1 Å². The molecule has 0 bridgehead atoms. The minimum absolute atomic E-state index is 0.207. The van der Waals surface area contributed by atoms with E-state index in [1.54, 1.807) is 31.4 Å². The van der Waals surface area contributed by atoms with E-state index in [4.69, 9.17) is 21.1 Å². The number of nitrogens with one attached hydrogen (secondary N) is 1. The zero-order valence-electron chi connectivity index (χ0n) is 12.1. The molecule has 0 fully saturated rings. The first-order valence-electron chi connectivity index (χ1n) is 6.48. The average molecular weight is 310 g/mol. The lowest BCUT2D eigenvalue weighted by molar-refractivity contribution is 0.410. The van der Waals surface area contributed by atoms with E-state index in [-0.39, 0.29) is 11.9 Å². The molecule has 0 aliphatic carbocycles. The first-order chi connectivity index (χ1) is 10.0. The second-order valence-electron chi connectivity index (χ2n) is 4.60. The summed E-state index contributed by atoms with van der Waals surface area (Å²) in [4.78, 5) is 0. The Hall–Kier alpha value is -1.94. The van der Waals surface area contributed by atoms with Crippen LogP contribution in [0.5, 0.6) is 11.5 Å². The van der Waals surface area contributed by atoms with Gasteiger partial charge in [0.2, 0.25) is 0 Å². The summed E-state index contributed by atoms with van der Waals surface area (Å²) in [5.74, 6) is 0.760. The second kappa shape index (κ2) is 6.68. The molecule has 0 saturated carbocycles. The molecule has 1 atom stereocenters. The second-order valence-corrected chi connectivity index (χ2v) is 5.01. The van der Waals surface area contributed by atoms with Crippen LogP contribution in [-0.4, -0.2) is 14.2 Å². The van der Waals surface area contributed by atoms with Crippen molar-refractivity contribution in [2.75, 3.05) is 19.5 Å². The fourth-order valence-corrected chi connectivity index (χ4v) is 2.26. The Balaban J connectivity index is 2.19. The van der Waals surface area contributed by atoms with Gasteiger partial charge in [0.05, 0.1) is 25.3 Å². The summed E-state index contributed by atoms with van der Waals surface area (Å²) < 4.78 is 24.2. The van der Waals surface area contributed by atoms with Crippen LogP contribution in [0.3, 0.4) is 0 Å². The highest BCUT2D eigenvalue weighted by atomic mass is 35.5. The summed E-state index contributed by atoms with van der Waals surface area (Å²) in [7, 11) is 3.06. The first kappa shape index (κ1) is 15.4. The van der Waals surface area contributed by atoms with Gasteiger partial charge in [-0.3, -0.25) is 0 Å². The number of halogens is 2. The van der Waals surface area contributed by atoms with Crippen molar-refractivity contribution in [3.63, 3.8) is 0 Å². The van der Waals surface area contributed by atoms with Crippen LogP contribution >= 0.6 is 11.6 Å².